The Hall–Kier alpha value is -3.20. The fourth-order valence-corrected chi connectivity index (χ4v) is 4.72. The first-order valence-electron chi connectivity index (χ1n) is 9.30. The van der Waals surface area contributed by atoms with Crippen molar-refractivity contribution < 1.29 is 27.5 Å². The van der Waals surface area contributed by atoms with Gasteiger partial charge in [0.25, 0.3) is 5.91 Å². The molecule has 0 fully saturated rings. The Labute approximate surface area is 174 Å². The van der Waals surface area contributed by atoms with Gasteiger partial charge in [-0.15, -0.1) is 0 Å². The standard InChI is InChI=1S/C21H22N2O6S/c1-12-7-17-18(29-11-21(26)23-17)10-19(12)30(27,28)13(2)8-20(25)22-16-6-4-5-15(9-16)14(3)24/h4-7,9-10,13H,8,11H2,1-3H3,(H,22,25)(H,23,26)/t13-/m1/s1. The normalized spacial score (nSPS) is 14.2. The summed E-state index contributed by atoms with van der Waals surface area (Å²) >= 11 is 0. The van der Waals surface area contributed by atoms with E-state index in [2.05, 4.69) is 10.6 Å². The van der Waals surface area contributed by atoms with Crippen LogP contribution in [0.1, 0.15) is 36.2 Å². The summed E-state index contributed by atoms with van der Waals surface area (Å²) < 4.78 is 31.4. The van der Waals surface area contributed by atoms with Gasteiger partial charge in [-0.2, -0.15) is 0 Å². The van der Waals surface area contributed by atoms with E-state index in [1.54, 1.807) is 37.3 Å². The van der Waals surface area contributed by atoms with Crippen LogP contribution in [0.5, 0.6) is 5.75 Å². The fourth-order valence-electron chi connectivity index (χ4n) is 3.14. The topological polar surface area (TPSA) is 119 Å². The number of benzene rings is 2. The third-order valence-corrected chi connectivity index (χ3v) is 7.05. The average molecular weight is 430 g/mol. The number of nitrogens with one attached hydrogen (secondary N) is 2. The molecule has 0 bridgehead atoms. The molecule has 3 rings (SSSR count). The molecule has 0 unspecified atom stereocenters. The highest BCUT2D eigenvalue weighted by molar-refractivity contribution is 7.92. The van der Waals surface area contributed by atoms with Crippen molar-refractivity contribution >= 4 is 38.8 Å². The molecule has 158 valence electrons. The van der Waals surface area contributed by atoms with Crippen molar-refractivity contribution in [1.82, 2.24) is 0 Å². The lowest BCUT2D eigenvalue weighted by Gasteiger charge is -2.21. The molecule has 8 nitrogen and oxygen atoms in total. The van der Waals surface area contributed by atoms with Gasteiger partial charge in [-0.1, -0.05) is 12.1 Å². The molecule has 9 heteroatoms. The van der Waals surface area contributed by atoms with Crippen LogP contribution in [0.3, 0.4) is 0 Å². The van der Waals surface area contributed by atoms with E-state index in [0.717, 1.165) is 0 Å². The Balaban J connectivity index is 1.77. The molecule has 0 spiro atoms. The minimum absolute atomic E-state index is 0.0521. The van der Waals surface area contributed by atoms with E-state index in [1.807, 2.05) is 0 Å². The van der Waals surface area contributed by atoms with Crippen molar-refractivity contribution in [3.8, 4) is 5.75 Å². The molecule has 0 aromatic heterocycles. The summed E-state index contributed by atoms with van der Waals surface area (Å²) in [5.74, 6) is -0.651. The number of ether oxygens (including phenoxy) is 1. The number of sulfone groups is 1. The predicted octanol–water partition coefficient (Wildman–Crippen LogP) is 2.72. The van der Waals surface area contributed by atoms with Gasteiger partial charge < -0.3 is 15.4 Å². The summed E-state index contributed by atoms with van der Waals surface area (Å²) in [5.41, 5.74) is 1.73. The average Bonchev–Trinajstić information content (AvgIpc) is 2.67. The van der Waals surface area contributed by atoms with E-state index in [0.29, 0.717) is 22.5 Å². The molecular formula is C21H22N2O6S. The molecule has 0 radical (unpaired) electrons. The number of anilines is 2. The van der Waals surface area contributed by atoms with Crippen LogP contribution in [-0.4, -0.2) is 37.9 Å². The summed E-state index contributed by atoms with van der Waals surface area (Å²) in [5, 5.41) is 4.27. The van der Waals surface area contributed by atoms with Crippen LogP contribution in [0.2, 0.25) is 0 Å². The highest BCUT2D eigenvalue weighted by Crippen LogP contribution is 2.34. The molecule has 1 atom stereocenters. The van der Waals surface area contributed by atoms with Crippen molar-refractivity contribution in [2.24, 2.45) is 0 Å². The lowest BCUT2D eigenvalue weighted by Crippen LogP contribution is -2.27. The van der Waals surface area contributed by atoms with Crippen molar-refractivity contribution in [1.29, 1.82) is 0 Å². The molecule has 1 aliphatic heterocycles. The van der Waals surface area contributed by atoms with Crippen LogP contribution >= 0.6 is 0 Å². The first-order valence-corrected chi connectivity index (χ1v) is 10.8. The molecule has 2 aromatic carbocycles. The second-order valence-corrected chi connectivity index (χ2v) is 9.53. The van der Waals surface area contributed by atoms with Crippen LogP contribution < -0.4 is 15.4 Å². The van der Waals surface area contributed by atoms with E-state index >= 15 is 0 Å². The van der Waals surface area contributed by atoms with Gasteiger partial charge in [0.15, 0.2) is 22.2 Å². The lowest BCUT2D eigenvalue weighted by atomic mass is 10.1. The van der Waals surface area contributed by atoms with E-state index in [-0.39, 0.29) is 35.4 Å². The zero-order valence-corrected chi connectivity index (χ0v) is 17.6. The zero-order valence-electron chi connectivity index (χ0n) is 16.8. The predicted molar refractivity (Wildman–Crippen MR) is 112 cm³/mol. The lowest BCUT2D eigenvalue weighted by molar-refractivity contribution is -0.118. The number of fused-ring (bicyclic) bond motifs is 1. The van der Waals surface area contributed by atoms with E-state index in [4.69, 9.17) is 4.74 Å². The quantitative estimate of drug-likeness (QED) is 0.680. The molecule has 2 N–H and O–H groups in total. The van der Waals surface area contributed by atoms with Crippen LogP contribution in [0.4, 0.5) is 11.4 Å². The molecule has 2 amide bonds. The molecule has 1 heterocycles. The summed E-state index contributed by atoms with van der Waals surface area (Å²) in [7, 11) is -3.83. The number of hydrogen-bond donors (Lipinski definition) is 2. The Morgan fingerprint density at radius 3 is 2.67 bits per heavy atom. The maximum atomic E-state index is 13.1. The summed E-state index contributed by atoms with van der Waals surface area (Å²) in [6.07, 6.45) is -0.263. The summed E-state index contributed by atoms with van der Waals surface area (Å²) in [6.45, 7) is 4.31. The monoisotopic (exact) mass is 430 g/mol. The van der Waals surface area contributed by atoms with Gasteiger partial charge in [-0.05, 0) is 44.5 Å². The number of hydrogen-bond acceptors (Lipinski definition) is 6. The number of Topliss-reactive ketones (excluding diaryl/α,β-unsaturated/α-hetero) is 1. The fraction of sp³-hybridized carbons (Fsp3) is 0.286. The molecule has 30 heavy (non-hydrogen) atoms. The third kappa shape index (κ3) is 4.51. The van der Waals surface area contributed by atoms with Crippen molar-refractivity contribution in [2.75, 3.05) is 17.2 Å². The molecule has 0 saturated heterocycles. The van der Waals surface area contributed by atoms with Crippen LogP contribution in [0.15, 0.2) is 41.3 Å². The van der Waals surface area contributed by atoms with Gasteiger partial charge in [0.05, 0.1) is 15.8 Å². The Bertz CT molecular complexity index is 1140. The van der Waals surface area contributed by atoms with Gasteiger partial charge in [-0.25, -0.2) is 8.42 Å². The molecule has 0 aliphatic carbocycles. The Morgan fingerprint density at radius 1 is 1.23 bits per heavy atom. The number of amides is 2. The number of carbonyl (C=O) groups is 3. The number of rotatable bonds is 6. The number of ketones is 1. The minimum Gasteiger partial charge on any atom is -0.482 e. The largest absolute Gasteiger partial charge is 0.482 e. The van der Waals surface area contributed by atoms with E-state index in [1.165, 1.54) is 19.9 Å². The Morgan fingerprint density at radius 2 is 1.97 bits per heavy atom. The second-order valence-electron chi connectivity index (χ2n) is 7.20. The van der Waals surface area contributed by atoms with Crippen molar-refractivity contribution in [3.63, 3.8) is 0 Å². The second kappa shape index (κ2) is 8.27. The van der Waals surface area contributed by atoms with Crippen molar-refractivity contribution in [3.05, 3.63) is 47.5 Å². The maximum Gasteiger partial charge on any atom is 0.262 e. The molecule has 0 saturated carbocycles. The highest BCUT2D eigenvalue weighted by Gasteiger charge is 2.29. The van der Waals surface area contributed by atoms with Crippen LogP contribution in [-0.2, 0) is 19.4 Å². The van der Waals surface area contributed by atoms with Gasteiger partial charge in [0, 0.05) is 23.7 Å². The Kier molecular flexibility index (Phi) is 5.93. The van der Waals surface area contributed by atoms with Gasteiger partial charge >= 0.3 is 0 Å². The van der Waals surface area contributed by atoms with E-state index in [9.17, 15) is 22.8 Å². The molecule has 1 aliphatic rings. The minimum atomic E-state index is -3.83. The van der Waals surface area contributed by atoms with Crippen LogP contribution in [0, 0.1) is 6.92 Å². The maximum absolute atomic E-state index is 13.1. The van der Waals surface area contributed by atoms with E-state index < -0.39 is 21.0 Å². The zero-order chi connectivity index (χ0) is 22.1. The summed E-state index contributed by atoms with van der Waals surface area (Å²) in [6, 6.07) is 9.36. The summed E-state index contributed by atoms with van der Waals surface area (Å²) in [4.78, 5) is 35.4. The van der Waals surface area contributed by atoms with Gasteiger partial charge in [0.1, 0.15) is 5.75 Å². The number of aryl methyl sites for hydroxylation is 1. The van der Waals surface area contributed by atoms with Gasteiger partial charge in [-0.3, -0.25) is 14.4 Å². The molecular weight excluding hydrogens is 408 g/mol. The van der Waals surface area contributed by atoms with Crippen LogP contribution in [0.25, 0.3) is 0 Å². The third-order valence-electron chi connectivity index (χ3n) is 4.77. The van der Waals surface area contributed by atoms with Gasteiger partial charge in [0.2, 0.25) is 5.91 Å². The number of carbonyl (C=O) groups excluding carboxylic acids is 3. The SMILES string of the molecule is CC(=O)c1cccc(NC(=O)C[C@@H](C)S(=O)(=O)c2cc3c(cc2C)NC(=O)CO3)c1. The highest BCUT2D eigenvalue weighted by atomic mass is 32.2. The molecule has 2 aromatic rings. The first-order chi connectivity index (χ1) is 14.1. The van der Waals surface area contributed by atoms with Crippen molar-refractivity contribution in [2.45, 2.75) is 37.3 Å². The first kappa shape index (κ1) is 21.5. The smallest absolute Gasteiger partial charge is 0.262 e.